The van der Waals surface area contributed by atoms with Crippen LogP contribution in [0, 0.1) is 0 Å². The number of benzene rings is 3. The summed E-state index contributed by atoms with van der Waals surface area (Å²) in [5.74, 6) is 0.937. The molecule has 2 heteroatoms. The lowest BCUT2D eigenvalue weighted by atomic mass is 10.0. The number of ether oxygens (including phenoxy) is 1. The van der Waals surface area contributed by atoms with Crippen molar-refractivity contribution in [1.29, 1.82) is 0 Å². The zero-order valence-corrected chi connectivity index (χ0v) is 14.9. The van der Waals surface area contributed by atoms with Crippen LogP contribution in [-0.2, 0) is 6.61 Å². The molecule has 128 valence electrons. The molecule has 2 nitrogen and oxygen atoms in total. The molecule has 0 amide bonds. The van der Waals surface area contributed by atoms with Crippen molar-refractivity contribution < 1.29 is 4.74 Å². The summed E-state index contributed by atoms with van der Waals surface area (Å²) in [7, 11) is 0. The van der Waals surface area contributed by atoms with E-state index in [4.69, 9.17) is 4.74 Å². The third-order valence-electron chi connectivity index (χ3n) is 4.42. The Bertz CT molecular complexity index is 770. The van der Waals surface area contributed by atoms with Crippen molar-refractivity contribution in [3.63, 3.8) is 0 Å². The van der Waals surface area contributed by atoms with Crippen molar-refractivity contribution in [2.75, 3.05) is 0 Å². The maximum Gasteiger partial charge on any atom is 0.124 e. The Morgan fingerprint density at radius 2 is 1.32 bits per heavy atom. The third-order valence-corrected chi connectivity index (χ3v) is 4.42. The van der Waals surface area contributed by atoms with Gasteiger partial charge in [0.2, 0.25) is 0 Å². The summed E-state index contributed by atoms with van der Waals surface area (Å²) in [6.07, 6.45) is 0. The number of rotatable bonds is 7. The first-order valence-electron chi connectivity index (χ1n) is 8.80. The second-order valence-corrected chi connectivity index (χ2v) is 6.33. The molecule has 1 N–H and O–H groups in total. The van der Waals surface area contributed by atoms with E-state index in [9.17, 15) is 0 Å². The van der Waals surface area contributed by atoms with Gasteiger partial charge in [0.25, 0.3) is 0 Å². The van der Waals surface area contributed by atoms with E-state index in [1.54, 1.807) is 0 Å². The summed E-state index contributed by atoms with van der Waals surface area (Å²) in [4.78, 5) is 0. The van der Waals surface area contributed by atoms with E-state index in [0.717, 1.165) is 5.75 Å². The quantitative estimate of drug-likeness (QED) is 0.601. The van der Waals surface area contributed by atoms with Crippen molar-refractivity contribution in [3.8, 4) is 5.75 Å². The van der Waals surface area contributed by atoms with Gasteiger partial charge in [0.1, 0.15) is 12.4 Å². The molecule has 3 aromatic rings. The molecule has 0 saturated carbocycles. The molecule has 0 saturated heterocycles. The van der Waals surface area contributed by atoms with Gasteiger partial charge >= 0.3 is 0 Å². The van der Waals surface area contributed by atoms with E-state index in [2.05, 4.69) is 67.7 Å². The second kappa shape index (κ2) is 8.50. The van der Waals surface area contributed by atoms with Gasteiger partial charge in [-0.05, 0) is 31.0 Å². The maximum absolute atomic E-state index is 6.09. The average Bonchev–Trinajstić information content (AvgIpc) is 2.68. The van der Waals surface area contributed by atoms with Gasteiger partial charge in [0.05, 0.1) is 0 Å². The molecular weight excluding hydrogens is 306 g/mol. The monoisotopic (exact) mass is 331 g/mol. The Kier molecular flexibility index (Phi) is 5.86. The Hall–Kier alpha value is -2.58. The van der Waals surface area contributed by atoms with Crippen molar-refractivity contribution in [3.05, 3.63) is 102 Å². The number of para-hydroxylation sites is 1. The van der Waals surface area contributed by atoms with Crippen LogP contribution in [0.15, 0.2) is 84.9 Å². The fraction of sp³-hybridized carbons (Fsp3) is 0.217. The van der Waals surface area contributed by atoms with Crippen LogP contribution in [0.5, 0.6) is 5.75 Å². The summed E-state index contributed by atoms with van der Waals surface area (Å²) >= 11 is 0. The lowest BCUT2D eigenvalue weighted by molar-refractivity contribution is 0.298. The second-order valence-electron chi connectivity index (χ2n) is 6.33. The summed E-state index contributed by atoms with van der Waals surface area (Å²) in [5.41, 5.74) is 3.65. The van der Waals surface area contributed by atoms with Gasteiger partial charge in [-0.3, -0.25) is 0 Å². The fourth-order valence-corrected chi connectivity index (χ4v) is 3.01. The lowest BCUT2D eigenvalue weighted by Gasteiger charge is -2.23. The molecule has 0 radical (unpaired) electrons. The van der Waals surface area contributed by atoms with Crippen molar-refractivity contribution in [1.82, 2.24) is 5.32 Å². The molecule has 2 unspecified atom stereocenters. The zero-order valence-electron chi connectivity index (χ0n) is 14.9. The normalized spacial score (nSPS) is 13.2. The highest BCUT2D eigenvalue weighted by molar-refractivity contribution is 5.36. The number of hydrogen-bond donors (Lipinski definition) is 1. The highest BCUT2D eigenvalue weighted by Crippen LogP contribution is 2.27. The summed E-state index contributed by atoms with van der Waals surface area (Å²) in [5, 5.41) is 3.67. The van der Waals surface area contributed by atoms with E-state index < -0.39 is 0 Å². The number of hydrogen-bond acceptors (Lipinski definition) is 2. The Morgan fingerprint density at radius 3 is 2.04 bits per heavy atom. The largest absolute Gasteiger partial charge is 0.489 e. The van der Waals surface area contributed by atoms with Gasteiger partial charge in [-0.2, -0.15) is 0 Å². The molecule has 0 heterocycles. The predicted octanol–water partition coefficient (Wildman–Crippen LogP) is 5.68. The van der Waals surface area contributed by atoms with Gasteiger partial charge < -0.3 is 10.1 Å². The van der Waals surface area contributed by atoms with Crippen molar-refractivity contribution in [2.24, 2.45) is 0 Å². The van der Waals surface area contributed by atoms with Gasteiger partial charge in [0, 0.05) is 17.6 Å². The first-order valence-corrected chi connectivity index (χ1v) is 8.80. The van der Waals surface area contributed by atoms with E-state index in [1.807, 2.05) is 36.4 Å². The standard InChI is InChI=1S/C23H25NO/c1-18(21-13-7-4-8-14-21)24-19(2)22-15-9-10-16-23(22)25-17-20-11-5-3-6-12-20/h3-16,18-19,24H,17H2,1-2H3. The van der Waals surface area contributed by atoms with E-state index in [-0.39, 0.29) is 12.1 Å². The van der Waals surface area contributed by atoms with Gasteiger partial charge in [-0.15, -0.1) is 0 Å². The molecule has 0 aliphatic heterocycles. The van der Waals surface area contributed by atoms with Crippen molar-refractivity contribution >= 4 is 0 Å². The van der Waals surface area contributed by atoms with Crippen LogP contribution in [0.25, 0.3) is 0 Å². The lowest BCUT2D eigenvalue weighted by Crippen LogP contribution is -2.23. The number of nitrogens with one attached hydrogen (secondary N) is 1. The molecular formula is C23H25NO. The Balaban J connectivity index is 1.69. The minimum atomic E-state index is 0.196. The molecule has 3 rings (SSSR count). The third kappa shape index (κ3) is 4.71. The SMILES string of the molecule is CC(NC(C)c1ccccc1OCc1ccccc1)c1ccccc1. The maximum atomic E-state index is 6.09. The van der Waals surface area contributed by atoms with Crippen LogP contribution in [-0.4, -0.2) is 0 Å². The topological polar surface area (TPSA) is 21.3 Å². The fourth-order valence-electron chi connectivity index (χ4n) is 3.01. The van der Waals surface area contributed by atoms with E-state index in [1.165, 1.54) is 16.7 Å². The van der Waals surface area contributed by atoms with Crippen LogP contribution in [0.3, 0.4) is 0 Å². The van der Waals surface area contributed by atoms with Crippen molar-refractivity contribution in [2.45, 2.75) is 32.5 Å². The van der Waals surface area contributed by atoms with Crippen LogP contribution in [0.4, 0.5) is 0 Å². The average molecular weight is 331 g/mol. The van der Waals surface area contributed by atoms with Crippen LogP contribution in [0.1, 0.15) is 42.6 Å². The molecule has 0 spiro atoms. The van der Waals surface area contributed by atoms with E-state index in [0.29, 0.717) is 6.61 Å². The Labute approximate surface area is 150 Å². The van der Waals surface area contributed by atoms with Gasteiger partial charge in [0.15, 0.2) is 0 Å². The zero-order chi connectivity index (χ0) is 17.5. The molecule has 2 atom stereocenters. The molecule has 3 aromatic carbocycles. The minimum absolute atomic E-state index is 0.196. The Morgan fingerprint density at radius 1 is 0.720 bits per heavy atom. The molecule has 0 bridgehead atoms. The highest BCUT2D eigenvalue weighted by Gasteiger charge is 2.14. The smallest absolute Gasteiger partial charge is 0.124 e. The van der Waals surface area contributed by atoms with E-state index >= 15 is 0 Å². The molecule has 0 aliphatic carbocycles. The molecule has 0 aliphatic rings. The molecule has 25 heavy (non-hydrogen) atoms. The van der Waals surface area contributed by atoms with Gasteiger partial charge in [-0.1, -0.05) is 78.9 Å². The summed E-state index contributed by atoms with van der Waals surface area (Å²) in [6, 6.07) is 29.5. The van der Waals surface area contributed by atoms with Crippen LogP contribution < -0.4 is 10.1 Å². The summed E-state index contributed by atoms with van der Waals surface area (Å²) < 4.78 is 6.09. The first kappa shape index (κ1) is 17.2. The minimum Gasteiger partial charge on any atom is -0.489 e. The van der Waals surface area contributed by atoms with Crippen LogP contribution in [0.2, 0.25) is 0 Å². The van der Waals surface area contributed by atoms with Crippen LogP contribution >= 0.6 is 0 Å². The molecule has 0 fully saturated rings. The van der Waals surface area contributed by atoms with Gasteiger partial charge in [-0.25, -0.2) is 0 Å². The first-order chi connectivity index (χ1) is 12.2. The summed E-state index contributed by atoms with van der Waals surface area (Å²) in [6.45, 7) is 4.96. The predicted molar refractivity (Wildman–Crippen MR) is 104 cm³/mol. The molecule has 0 aromatic heterocycles. The highest BCUT2D eigenvalue weighted by atomic mass is 16.5.